The van der Waals surface area contributed by atoms with Gasteiger partial charge < -0.3 is 9.67 Å². The molecule has 16 heavy (non-hydrogen) atoms. The molecule has 0 saturated heterocycles. The van der Waals surface area contributed by atoms with Gasteiger partial charge in [-0.1, -0.05) is 13.8 Å². The van der Waals surface area contributed by atoms with Gasteiger partial charge in [-0.05, 0) is 31.1 Å². The minimum Gasteiger partial charge on any atom is -0.479 e. The van der Waals surface area contributed by atoms with Crippen LogP contribution in [0.25, 0.3) is 0 Å². The van der Waals surface area contributed by atoms with Gasteiger partial charge >= 0.3 is 5.97 Å². The maximum atomic E-state index is 11.5. The van der Waals surface area contributed by atoms with Crippen molar-refractivity contribution in [3.8, 4) is 0 Å². The summed E-state index contributed by atoms with van der Waals surface area (Å²) in [5.74, 6) is 0.317. The normalized spacial score (nSPS) is 29.8. The van der Waals surface area contributed by atoms with E-state index in [0.717, 1.165) is 12.8 Å². The molecule has 0 aliphatic heterocycles. The summed E-state index contributed by atoms with van der Waals surface area (Å²) in [5, 5.41) is 9.49. The zero-order valence-corrected chi connectivity index (χ0v) is 9.76. The number of rotatable bonds is 3. The lowest BCUT2D eigenvalue weighted by molar-refractivity contribution is -0.147. The van der Waals surface area contributed by atoms with Gasteiger partial charge in [0, 0.05) is 12.4 Å². The highest BCUT2D eigenvalue weighted by molar-refractivity contribution is 5.77. The molecule has 0 amide bonds. The van der Waals surface area contributed by atoms with Gasteiger partial charge in [0.05, 0.1) is 6.33 Å². The number of aliphatic carboxylic acids is 1. The highest BCUT2D eigenvalue weighted by atomic mass is 16.4. The Morgan fingerprint density at radius 1 is 1.62 bits per heavy atom. The molecule has 2 rings (SSSR count). The molecule has 88 valence electrons. The van der Waals surface area contributed by atoms with Crippen LogP contribution in [0.2, 0.25) is 0 Å². The molecule has 1 aromatic heterocycles. The molecule has 0 aromatic carbocycles. The second-order valence-corrected chi connectivity index (χ2v) is 5.05. The van der Waals surface area contributed by atoms with Crippen molar-refractivity contribution in [1.29, 1.82) is 0 Å². The number of hydrogen-bond donors (Lipinski definition) is 1. The second kappa shape index (κ2) is 3.92. The summed E-state index contributed by atoms with van der Waals surface area (Å²) >= 11 is 0. The lowest BCUT2D eigenvalue weighted by Crippen LogP contribution is -2.39. The fourth-order valence-electron chi connectivity index (χ4n) is 2.68. The fraction of sp³-hybridized carbons (Fsp3) is 0.667. The maximum Gasteiger partial charge on any atom is 0.329 e. The third kappa shape index (κ3) is 1.62. The standard InChI is InChI=1S/C12H18N2O2/c1-9(2)10-3-4-12(7-10,11(15)16)14-6-5-13-8-14/h5-6,8-10H,3-4,7H2,1-2H3,(H,15,16). The van der Waals surface area contributed by atoms with Gasteiger partial charge in [0.25, 0.3) is 0 Å². The van der Waals surface area contributed by atoms with Gasteiger partial charge in [-0.25, -0.2) is 9.78 Å². The first-order valence-corrected chi connectivity index (χ1v) is 5.78. The largest absolute Gasteiger partial charge is 0.479 e. The first-order chi connectivity index (χ1) is 7.56. The van der Waals surface area contributed by atoms with Crippen molar-refractivity contribution in [2.45, 2.75) is 38.6 Å². The molecular weight excluding hydrogens is 204 g/mol. The molecule has 1 aliphatic rings. The molecular formula is C12H18N2O2. The zero-order chi connectivity index (χ0) is 11.8. The Morgan fingerprint density at radius 2 is 2.38 bits per heavy atom. The molecule has 4 heteroatoms. The van der Waals surface area contributed by atoms with Crippen molar-refractivity contribution in [3.05, 3.63) is 18.7 Å². The van der Waals surface area contributed by atoms with E-state index in [9.17, 15) is 9.90 Å². The van der Waals surface area contributed by atoms with Crippen molar-refractivity contribution < 1.29 is 9.90 Å². The summed E-state index contributed by atoms with van der Waals surface area (Å²) in [4.78, 5) is 15.5. The quantitative estimate of drug-likeness (QED) is 0.852. The van der Waals surface area contributed by atoms with Crippen molar-refractivity contribution in [2.24, 2.45) is 11.8 Å². The lowest BCUT2D eigenvalue weighted by Gasteiger charge is -2.26. The van der Waals surface area contributed by atoms with E-state index in [1.807, 2.05) is 0 Å². The molecule has 1 N–H and O–H groups in total. The van der Waals surface area contributed by atoms with Gasteiger partial charge in [0.15, 0.2) is 0 Å². The summed E-state index contributed by atoms with van der Waals surface area (Å²) in [6, 6.07) is 0. The maximum absolute atomic E-state index is 11.5. The molecule has 0 bridgehead atoms. The first-order valence-electron chi connectivity index (χ1n) is 5.78. The molecule has 1 saturated carbocycles. The third-order valence-corrected chi connectivity index (χ3v) is 3.87. The van der Waals surface area contributed by atoms with Crippen molar-refractivity contribution >= 4 is 5.97 Å². The van der Waals surface area contributed by atoms with Crippen LogP contribution in [0.4, 0.5) is 0 Å². The average molecular weight is 222 g/mol. The van der Waals surface area contributed by atoms with Crippen molar-refractivity contribution in [1.82, 2.24) is 9.55 Å². The van der Waals surface area contributed by atoms with Crippen molar-refractivity contribution in [2.75, 3.05) is 0 Å². The summed E-state index contributed by atoms with van der Waals surface area (Å²) < 4.78 is 1.76. The van der Waals surface area contributed by atoms with Gasteiger partial charge in [-0.15, -0.1) is 0 Å². The molecule has 2 unspecified atom stereocenters. The summed E-state index contributed by atoms with van der Waals surface area (Å²) in [6.07, 6.45) is 7.45. The number of carboxylic acid groups (broad SMARTS) is 1. The average Bonchev–Trinajstić information content (AvgIpc) is 2.87. The van der Waals surface area contributed by atoms with Crippen LogP contribution < -0.4 is 0 Å². The molecule has 1 aliphatic carbocycles. The lowest BCUT2D eigenvalue weighted by atomic mass is 9.90. The molecule has 1 heterocycles. The molecule has 4 nitrogen and oxygen atoms in total. The van der Waals surface area contributed by atoms with E-state index >= 15 is 0 Å². The first kappa shape index (κ1) is 11.2. The Morgan fingerprint density at radius 3 is 2.81 bits per heavy atom. The predicted molar refractivity (Wildman–Crippen MR) is 60.0 cm³/mol. The molecule has 0 radical (unpaired) electrons. The Bertz CT molecular complexity index is 372. The highest BCUT2D eigenvalue weighted by Crippen LogP contribution is 2.43. The summed E-state index contributed by atoms with van der Waals surface area (Å²) in [7, 11) is 0. The van der Waals surface area contributed by atoms with Gasteiger partial charge in [0.2, 0.25) is 0 Å². The van der Waals surface area contributed by atoms with Crippen LogP contribution in [0, 0.1) is 11.8 Å². The zero-order valence-electron chi connectivity index (χ0n) is 9.76. The van der Waals surface area contributed by atoms with E-state index in [4.69, 9.17) is 0 Å². The van der Waals surface area contributed by atoms with Crippen LogP contribution >= 0.6 is 0 Å². The van der Waals surface area contributed by atoms with Gasteiger partial charge in [0.1, 0.15) is 5.54 Å². The monoisotopic (exact) mass is 222 g/mol. The molecule has 1 aromatic rings. The smallest absolute Gasteiger partial charge is 0.329 e. The minimum atomic E-state index is -0.758. The topological polar surface area (TPSA) is 55.1 Å². The highest BCUT2D eigenvalue weighted by Gasteiger charge is 2.47. The molecule has 0 spiro atoms. The Hall–Kier alpha value is -1.32. The van der Waals surface area contributed by atoms with Crippen LogP contribution in [0.1, 0.15) is 33.1 Å². The number of hydrogen-bond acceptors (Lipinski definition) is 2. The molecule has 1 fully saturated rings. The van der Waals surface area contributed by atoms with E-state index < -0.39 is 11.5 Å². The Balaban J connectivity index is 2.30. The summed E-state index contributed by atoms with van der Waals surface area (Å²) in [6.45, 7) is 4.33. The number of aromatic nitrogens is 2. The van der Waals surface area contributed by atoms with E-state index in [-0.39, 0.29) is 0 Å². The number of carbonyl (C=O) groups is 1. The van der Waals surface area contributed by atoms with Crippen LogP contribution in [-0.4, -0.2) is 20.6 Å². The van der Waals surface area contributed by atoms with E-state index in [1.54, 1.807) is 23.3 Å². The van der Waals surface area contributed by atoms with Crippen LogP contribution in [0.15, 0.2) is 18.7 Å². The number of carboxylic acids is 1. The third-order valence-electron chi connectivity index (χ3n) is 3.87. The van der Waals surface area contributed by atoms with Crippen LogP contribution in [0.5, 0.6) is 0 Å². The number of nitrogens with zero attached hydrogens (tertiary/aromatic N) is 2. The van der Waals surface area contributed by atoms with Crippen LogP contribution in [-0.2, 0) is 10.3 Å². The van der Waals surface area contributed by atoms with E-state index in [2.05, 4.69) is 18.8 Å². The molecule has 2 atom stereocenters. The fourth-order valence-corrected chi connectivity index (χ4v) is 2.68. The minimum absolute atomic E-state index is 0.499. The van der Waals surface area contributed by atoms with Crippen LogP contribution in [0.3, 0.4) is 0 Å². The Labute approximate surface area is 95.3 Å². The second-order valence-electron chi connectivity index (χ2n) is 5.05. The predicted octanol–water partition coefficient (Wildman–Crippen LogP) is 2.12. The summed E-state index contributed by atoms with van der Waals surface area (Å²) in [5.41, 5.74) is -0.758. The van der Waals surface area contributed by atoms with E-state index in [1.165, 1.54) is 0 Å². The van der Waals surface area contributed by atoms with Gasteiger partial charge in [-0.2, -0.15) is 0 Å². The van der Waals surface area contributed by atoms with Crippen molar-refractivity contribution in [3.63, 3.8) is 0 Å². The SMILES string of the molecule is CC(C)C1CCC(C(=O)O)(n2ccnc2)C1. The number of imidazole rings is 1. The Kier molecular flexibility index (Phi) is 2.74. The van der Waals surface area contributed by atoms with E-state index in [0.29, 0.717) is 18.3 Å². The van der Waals surface area contributed by atoms with Gasteiger partial charge in [-0.3, -0.25) is 0 Å².